The Kier molecular flexibility index (Phi) is 16.4. The molecule has 0 aromatic rings. The van der Waals surface area contributed by atoms with Crippen molar-refractivity contribution in [1.82, 2.24) is 15.5 Å². The zero-order valence-electron chi connectivity index (χ0n) is 14.6. The van der Waals surface area contributed by atoms with Gasteiger partial charge < -0.3 is 15.4 Å². The molecule has 5 nitrogen and oxygen atoms in total. The number of nitrogens with zero attached hydrogens (tertiary/aromatic N) is 2. The first-order valence-electron chi connectivity index (χ1n) is 7.72. The smallest absolute Gasteiger partial charge is 0.190 e. The minimum atomic E-state index is 0. The van der Waals surface area contributed by atoms with E-state index in [0.717, 1.165) is 45.0 Å². The summed E-state index contributed by atoms with van der Waals surface area (Å²) in [6.07, 6.45) is 2.11. The molecule has 0 bridgehead atoms. The highest BCUT2D eigenvalue weighted by molar-refractivity contribution is 14.0. The first-order chi connectivity index (χ1) is 9.52. The molecule has 0 spiro atoms. The summed E-state index contributed by atoms with van der Waals surface area (Å²) in [5.74, 6) is 0.877. The monoisotopic (exact) mass is 414 g/mol. The Morgan fingerprint density at radius 1 is 1.05 bits per heavy atom. The Morgan fingerprint density at radius 2 is 1.57 bits per heavy atom. The lowest BCUT2D eigenvalue weighted by molar-refractivity contribution is 0.173. The number of hydrogen-bond acceptors (Lipinski definition) is 3. The van der Waals surface area contributed by atoms with Gasteiger partial charge in [0.2, 0.25) is 0 Å². The van der Waals surface area contributed by atoms with E-state index in [0.29, 0.717) is 12.1 Å². The van der Waals surface area contributed by atoms with Crippen LogP contribution in [-0.4, -0.2) is 63.3 Å². The summed E-state index contributed by atoms with van der Waals surface area (Å²) in [5, 5.41) is 6.63. The Labute approximate surface area is 148 Å². The molecule has 0 heterocycles. The molecule has 0 aliphatic rings. The summed E-state index contributed by atoms with van der Waals surface area (Å²) in [6.45, 7) is 12.7. The van der Waals surface area contributed by atoms with Crippen LogP contribution in [0.25, 0.3) is 0 Å². The molecule has 2 N–H and O–H groups in total. The van der Waals surface area contributed by atoms with Gasteiger partial charge in [0.1, 0.15) is 0 Å². The number of halogens is 1. The van der Waals surface area contributed by atoms with Crippen molar-refractivity contribution in [2.45, 2.75) is 52.6 Å². The first-order valence-corrected chi connectivity index (χ1v) is 7.72. The normalized spacial score (nSPS) is 12.0. The van der Waals surface area contributed by atoms with Crippen LogP contribution in [-0.2, 0) is 4.74 Å². The van der Waals surface area contributed by atoms with Crippen LogP contribution >= 0.6 is 24.0 Å². The van der Waals surface area contributed by atoms with Crippen molar-refractivity contribution in [3.8, 4) is 0 Å². The summed E-state index contributed by atoms with van der Waals surface area (Å²) < 4.78 is 5.02. The van der Waals surface area contributed by atoms with Gasteiger partial charge in [-0.15, -0.1) is 24.0 Å². The Bertz CT molecular complexity index is 252. The molecule has 0 saturated carbocycles. The highest BCUT2D eigenvalue weighted by atomic mass is 127. The molecule has 0 aromatic heterocycles. The SMILES string of the molecule is CN=C(NCCCOC)NCCCN(C(C)C)C(C)C.I. The Morgan fingerprint density at radius 3 is 2.00 bits per heavy atom. The van der Waals surface area contributed by atoms with E-state index >= 15 is 0 Å². The second-order valence-corrected chi connectivity index (χ2v) is 5.55. The minimum absolute atomic E-state index is 0. The standard InChI is InChI=1S/C15H34N4O.HI/c1-13(2)19(14(3)4)11-7-9-17-15(16-5)18-10-8-12-20-6;/h13-14H,7-12H2,1-6H3,(H2,16,17,18);1H. The molecule has 0 fully saturated rings. The minimum Gasteiger partial charge on any atom is -0.385 e. The molecule has 0 unspecified atom stereocenters. The lowest BCUT2D eigenvalue weighted by atomic mass is 10.2. The lowest BCUT2D eigenvalue weighted by Gasteiger charge is -2.30. The van der Waals surface area contributed by atoms with Gasteiger partial charge >= 0.3 is 0 Å². The van der Waals surface area contributed by atoms with Crippen LogP contribution in [0.15, 0.2) is 4.99 Å². The largest absolute Gasteiger partial charge is 0.385 e. The van der Waals surface area contributed by atoms with E-state index in [-0.39, 0.29) is 24.0 Å². The molecule has 0 atom stereocenters. The van der Waals surface area contributed by atoms with Crippen LogP contribution in [0.1, 0.15) is 40.5 Å². The average Bonchev–Trinajstić information content (AvgIpc) is 2.39. The van der Waals surface area contributed by atoms with Crippen molar-refractivity contribution >= 4 is 29.9 Å². The van der Waals surface area contributed by atoms with Gasteiger partial charge in [0.15, 0.2) is 5.96 Å². The van der Waals surface area contributed by atoms with Gasteiger partial charge in [0.25, 0.3) is 0 Å². The maximum atomic E-state index is 5.02. The lowest BCUT2D eigenvalue weighted by Crippen LogP contribution is -2.41. The molecule has 0 radical (unpaired) electrons. The van der Waals surface area contributed by atoms with Crippen LogP contribution in [0.4, 0.5) is 0 Å². The van der Waals surface area contributed by atoms with Crippen molar-refractivity contribution in [3.05, 3.63) is 0 Å². The third-order valence-corrected chi connectivity index (χ3v) is 3.25. The van der Waals surface area contributed by atoms with Gasteiger partial charge in [-0.1, -0.05) is 0 Å². The number of aliphatic imine (C=N–C) groups is 1. The summed E-state index contributed by atoms with van der Waals surface area (Å²) >= 11 is 0. The highest BCUT2D eigenvalue weighted by Gasteiger charge is 2.12. The van der Waals surface area contributed by atoms with E-state index in [1.807, 2.05) is 0 Å². The topological polar surface area (TPSA) is 48.9 Å². The second-order valence-electron chi connectivity index (χ2n) is 5.55. The van der Waals surface area contributed by atoms with E-state index in [9.17, 15) is 0 Å². The number of ether oxygens (including phenoxy) is 1. The molecular weight excluding hydrogens is 379 g/mol. The Hall–Kier alpha value is -0.0800. The molecule has 0 aromatic carbocycles. The van der Waals surface area contributed by atoms with Crippen LogP contribution < -0.4 is 10.6 Å². The molecule has 21 heavy (non-hydrogen) atoms. The number of nitrogens with one attached hydrogen (secondary N) is 2. The van der Waals surface area contributed by atoms with Gasteiger partial charge in [0, 0.05) is 52.5 Å². The van der Waals surface area contributed by atoms with E-state index in [1.165, 1.54) is 0 Å². The van der Waals surface area contributed by atoms with Gasteiger partial charge in [-0.05, 0) is 40.5 Å². The first kappa shape index (κ1) is 23.2. The highest BCUT2D eigenvalue weighted by Crippen LogP contribution is 2.05. The second kappa shape index (κ2) is 14.8. The fraction of sp³-hybridized carbons (Fsp3) is 0.933. The number of rotatable bonds is 10. The summed E-state index contributed by atoms with van der Waals surface area (Å²) in [7, 11) is 3.53. The van der Waals surface area contributed by atoms with Crippen LogP contribution in [0.2, 0.25) is 0 Å². The van der Waals surface area contributed by atoms with Crippen molar-refractivity contribution in [1.29, 1.82) is 0 Å². The number of guanidine groups is 1. The number of hydrogen-bond donors (Lipinski definition) is 2. The average molecular weight is 414 g/mol. The third-order valence-electron chi connectivity index (χ3n) is 3.25. The maximum Gasteiger partial charge on any atom is 0.190 e. The zero-order valence-corrected chi connectivity index (χ0v) is 16.9. The van der Waals surface area contributed by atoms with Gasteiger partial charge in [-0.2, -0.15) is 0 Å². The molecular formula is C15H35IN4O. The third kappa shape index (κ3) is 12.2. The van der Waals surface area contributed by atoms with Crippen molar-refractivity contribution < 1.29 is 4.74 Å². The van der Waals surface area contributed by atoms with Gasteiger partial charge in [0.05, 0.1) is 0 Å². The summed E-state index contributed by atoms with van der Waals surface area (Å²) in [6, 6.07) is 1.20. The quantitative estimate of drug-likeness (QED) is 0.249. The molecule has 0 aliphatic carbocycles. The summed E-state index contributed by atoms with van der Waals surface area (Å²) in [4.78, 5) is 6.72. The predicted molar refractivity (Wildman–Crippen MR) is 103 cm³/mol. The van der Waals surface area contributed by atoms with Crippen molar-refractivity contribution in [2.75, 3.05) is 40.4 Å². The predicted octanol–water partition coefficient (Wildman–Crippen LogP) is 2.31. The van der Waals surface area contributed by atoms with Crippen LogP contribution in [0.5, 0.6) is 0 Å². The fourth-order valence-corrected chi connectivity index (χ4v) is 2.23. The molecule has 0 saturated heterocycles. The molecule has 6 heteroatoms. The van der Waals surface area contributed by atoms with Gasteiger partial charge in [-0.25, -0.2) is 0 Å². The number of methoxy groups -OCH3 is 1. The Balaban J connectivity index is 0. The van der Waals surface area contributed by atoms with Crippen molar-refractivity contribution in [3.63, 3.8) is 0 Å². The van der Waals surface area contributed by atoms with E-state index in [1.54, 1.807) is 14.2 Å². The zero-order chi connectivity index (χ0) is 15.4. The van der Waals surface area contributed by atoms with E-state index < -0.39 is 0 Å². The van der Waals surface area contributed by atoms with E-state index in [2.05, 4.69) is 48.2 Å². The molecule has 128 valence electrons. The summed E-state index contributed by atoms with van der Waals surface area (Å²) in [5.41, 5.74) is 0. The van der Waals surface area contributed by atoms with Crippen molar-refractivity contribution in [2.24, 2.45) is 4.99 Å². The van der Waals surface area contributed by atoms with E-state index in [4.69, 9.17) is 4.74 Å². The van der Waals surface area contributed by atoms with Crippen LogP contribution in [0.3, 0.4) is 0 Å². The maximum absolute atomic E-state index is 5.02. The van der Waals surface area contributed by atoms with Gasteiger partial charge in [-0.3, -0.25) is 9.89 Å². The molecule has 0 amide bonds. The molecule has 0 aliphatic heterocycles. The fourth-order valence-electron chi connectivity index (χ4n) is 2.23. The van der Waals surface area contributed by atoms with Crippen LogP contribution in [0, 0.1) is 0 Å². The molecule has 0 rings (SSSR count).